The van der Waals surface area contributed by atoms with Gasteiger partial charge in [-0.1, -0.05) is 30.3 Å². The Hall–Kier alpha value is -4.27. The Balaban J connectivity index is 1.10. The van der Waals surface area contributed by atoms with E-state index in [0.29, 0.717) is 35.5 Å². The maximum atomic E-state index is 12.9. The Kier molecular flexibility index (Phi) is 9.57. The smallest absolute Gasteiger partial charge is 0.338 e. The molecule has 1 aromatic heterocycles. The molecule has 0 unspecified atom stereocenters. The van der Waals surface area contributed by atoms with Crippen LogP contribution >= 0.6 is 0 Å². The molecule has 1 aliphatic carbocycles. The molecular formula is C33H36N4O4. The first-order chi connectivity index (χ1) is 20.1. The van der Waals surface area contributed by atoms with E-state index in [0.717, 1.165) is 43.2 Å². The van der Waals surface area contributed by atoms with Crippen LogP contribution in [-0.4, -0.2) is 49.3 Å². The summed E-state index contributed by atoms with van der Waals surface area (Å²) in [6, 6.07) is 23.7. The molecule has 1 heterocycles. The minimum Gasteiger partial charge on any atom is -0.460 e. The standard InChI is InChI=1S/C33H36N4O4/c1-40-17-18-41-33(39)25-7-3-6-24(20-25)32(38)37-29-9-2-5-23(19-29)21-35-27-11-13-28(14-12-27)36-31-10-4-8-26-22-34-16-15-30(26)31/h2-10,15-16,19-20,22,27-28,35-36H,11-14,17-18,21H2,1H3,(H,37,38). The van der Waals surface area contributed by atoms with E-state index >= 15 is 0 Å². The van der Waals surface area contributed by atoms with Gasteiger partial charge in [-0.25, -0.2) is 4.79 Å². The van der Waals surface area contributed by atoms with Gasteiger partial charge in [-0.05, 0) is 73.7 Å². The molecule has 0 radical (unpaired) electrons. The number of methoxy groups -OCH3 is 1. The Morgan fingerprint density at radius 2 is 1.66 bits per heavy atom. The number of amides is 1. The monoisotopic (exact) mass is 552 g/mol. The molecule has 0 aliphatic heterocycles. The van der Waals surface area contributed by atoms with E-state index < -0.39 is 5.97 Å². The van der Waals surface area contributed by atoms with Crippen LogP contribution in [0.15, 0.2) is 85.2 Å². The van der Waals surface area contributed by atoms with Crippen LogP contribution in [0.1, 0.15) is 52.0 Å². The number of anilines is 2. The summed E-state index contributed by atoms with van der Waals surface area (Å²) in [7, 11) is 1.54. The second kappa shape index (κ2) is 13.9. The number of carbonyl (C=O) groups excluding carboxylic acids is 2. The highest BCUT2D eigenvalue weighted by Crippen LogP contribution is 2.27. The highest BCUT2D eigenvalue weighted by atomic mass is 16.6. The Morgan fingerprint density at radius 1 is 0.878 bits per heavy atom. The molecule has 0 atom stereocenters. The quantitative estimate of drug-likeness (QED) is 0.160. The van der Waals surface area contributed by atoms with Crippen molar-refractivity contribution >= 4 is 34.0 Å². The Morgan fingerprint density at radius 3 is 2.51 bits per heavy atom. The maximum absolute atomic E-state index is 12.9. The summed E-state index contributed by atoms with van der Waals surface area (Å²) in [5.41, 5.74) is 3.70. The molecule has 0 bridgehead atoms. The second-order valence-electron chi connectivity index (χ2n) is 10.3. The number of fused-ring (bicyclic) bond motifs is 1. The van der Waals surface area contributed by atoms with Crippen molar-refractivity contribution < 1.29 is 19.1 Å². The van der Waals surface area contributed by atoms with Gasteiger partial charge in [-0.3, -0.25) is 9.78 Å². The molecule has 3 N–H and O–H groups in total. The van der Waals surface area contributed by atoms with Gasteiger partial charge in [0.15, 0.2) is 0 Å². The van der Waals surface area contributed by atoms with Crippen LogP contribution < -0.4 is 16.0 Å². The van der Waals surface area contributed by atoms with Crippen LogP contribution in [0.25, 0.3) is 10.8 Å². The third kappa shape index (κ3) is 7.68. The Bertz CT molecular complexity index is 1480. The molecule has 8 nitrogen and oxygen atoms in total. The van der Waals surface area contributed by atoms with Gasteiger partial charge >= 0.3 is 5.97 Å². The van der Waals surface area contributed by atoms with Gasteiger partial charge in [-0.2, -0.15) is 0 Å². The van der Waals surface area contributed by atoms with Gasteiger partial charge in [0.1, 0.15) is 6.61 Å². The number of rotatable bonds is 11. The van der Waals surface area contributed by atoms with Crippen LogP contribution in [0.5, 0.6) is 0 Å². The van der Waals surface area contributed by atoms with Crippen molar-refractivity contribution in [2.24, 2.45) is 0 Å². The average Bonchev–Trinajstić information content (AvgIpc) is 3.01. The normalized spacial score (nSPS) is 16.7. The molecule has 4 aromatic rings. The van der Waals surface area contributed by atoms with E-state index in [9.17, 15) is 9.59 Å². The van der Waals surface area contributed by atoms with E-state index in [-0.39, 0.29) is 12.5 Å². The molecule has 1 saturated carbocycles. The molecule has 41 heavy (non-hydrogen) atoms. The summed E-state index contributed by atoms with van der Waals surface area (Å²) in [5, 5.41) is 12.8. The highest BCUT2D eigenvalue weighted by Gasteiger charge is 2.21. The maximum Gasteiger partial charge on any atom is 0.338 e. The number of pyridine rings is 1. The lowest BCUT2D eigenvalue weighted by molar-refractivity contribution is 0.0388. The van der Waals surface area contributed by atoms with Gasteiger partial charge in [0.25, 0.3) is 5.91 Å². The topological polar surface area (TPSA) is 102 Å². The third-order valence-electron chi connectivity index (χ3n) is 7.43. The summed E-state index contributed by atoms with van der Waals surface area (Å²) in [6.45, 7) is 1.21. The SMILES string of the molecule is COCCOC(=O)c1cccc(C(=O)Nc2cccc(CNC3CCC(Nc4cccc5cnccc45)CC3)c2)c1. The minimum atomic E-state index is -0.485. The van der Waals surface area contributed by atoms with Crippen LogP contribution in [0.2, 0.25) is 0 Å². The van der Waals surface area contributed by atoms with Gasteiger partial charge in [-0.15, -0.1) is 0 Å². The Labute approximate surface area is 240 Å². The number of hydrogen-bond acceptors (Lipinski definition) is 7. The molecule has 1 fully saturated rings. The zero-order valence-corrected chi connectivity index (χ0v) is 23.3. The summed E-state index contributed by atoms with van der Waals surface area (Å²) in [6.07, 6.45) is 8.16. The largest absolute Gasteiger partial charge is 0.460 e. The molecule has 1 amide bonds. The summed E-state index contributed by atoms with van der Waals surface area (Å²) < 4.78 is 10.1. The van der Waals surface area contributed by atoms with Crippen LogP contribution in [0.3, 0.4) is 0 Å². The first-order valence-corrected chi connectivity index (χ1v) is 14.1. The van der Waals surface area contributed by atoms with Crippen molar-refractivity contribution in [2.45, 2.75) is 44.3 Å². The molecule has 0 spiro atoms. The number of carbonyl (C=O) groups is 2. The number of benzene rings is 3. The van der Waals surface area contributed by atoms with Crippen LogP contribution in [0.4, 0.5) is 11.4 Å². The molecule has 1 aliphatic rings. The zero-order valence-electron chi connectivity index (χ0n) is 23.3. The summed E-state index contributed by atoms with van der Waals surface area (Å²) in [4.78, 5) is 29.4. The molecule has 8 heteroatoms. The van der Waals surface area contributed by atoms with Gasteiger partial charge in [0, 0.05) is 65.8 Å². The molecule has 212 valence electrons. The first kappa shape index (κ1) is 28.3. The van der Waals surface area contributed by atoms with Crippen molar-refractivity contribution in [3.63, 3.8) is 0 Å². The fourth-order valence-corrected chi connectivity index (χ4v) is 5.22. The first-order valence-electron chi connectivity index (χ1n) is 14.1. The lowest BCUT2D eigenvalue weighted by Crippen LogP contribution is -2.36. The van der Waals surface area contributed by atoms with Crippen molar-refractivity contribution in [1.82, 2.24) is 10.3 Å². The number of ether oxygens (including phenoxy) is 2. The molecule has 3 aromatic carbocycles. The number of nitrogens with zero attached hydrogens (tertiary/aromatic N) is 1. The highest BCUT2D eigenvalue weighted by molar-refractivity contribution is 6.05. The van der Waals surface area contributed by atoms with Crippen molar-refractivity contribution in [3.8, 4) is 0 Å². The average molecular weight is 553 g/mol. The second-order valence-corrected chi connectivity index (χ2v) is 10.3. The van der Waals surface area contributed by atoms with Gasteiger partial charge in [0.2, 0.25) is 0 Å². The predicted octanol–water partition coefficient (Wildman–Crippen LogP) is 5.80. The summed E-state index contributed by atoms with van der Waals surface area (Å²) in [5.74, 6) is -0.768. The zero-order chi connectivity index (χ0) is 28.4. The number of nitrogens with one attached hydrogen (secondary N) is 3. The molecule has 5 rings (SSSR count). The van der Waals surface area contributed by atoms with Crippen molar-refractivity contribution in [1.29, 1.82) is 0 Å². The van der Waals surface area contributed by atoms with Gasteiger partial charge in [0.05, 0.1) is 12.2 Å². The molecule has 0 saturated heterocycles. The minimum absolute atomic E-state index is 0.161. The predicted molar refractivity (Wildman–Crippen MR) is 161 cm³/mol. The fraction of sp³-hybridized carbons (Fsp3) is 0.303. The third-order valence-corrected chi connectivity index (χ3v) is 7.43. The van der Waals surface area contributed by atoms with E-state index in [1.54, 1.807) is 31.4 Å². The van der Waals surface area contributed by atoms with Crippen LogP contribution in [-0.2, 0) is 16.0 Å². The lowest BCUT2D eigenvalue weighted by Gasteiger charge is -2.30. The van der Waals surface area contributed by atoms with Crippen LogP contribution in [0, 0.1) is 0 Å². The van der Waals surface area contributed by atoms with E-state index in [1.807, 2.05) is 30.6 Å². The fourth-order valence-electron chi connectivity index (χ4n) is 5.22. The summed E-state index contributed by atoms with van der Waals surface area (Å²) >= 11 is 0. The van der Waals surface area contributed by atoms with E-state index in [1.165, 1.54) is 11.1 Å². The molecular weight excluding hydrogens is 516 g/mol. The van der Waals surface area contributed by atoms with E-state index in [4.69, 9.17) is 9.47 Å². The van der Waals surface area contributed by atoms with Gasteiger partial charge < -0.3 is 25.4 Å². The lowest BCUT2D eigenvalue weighted by atomic mass is 9.90. The van der Waals surface area contributed by atoms with Crippen molar-refractivity contribution in [2.75, 3.05) is 31.0 Å². The number of esters is 1. The number of aromatic nitrogens is 1. The van der Waals surface area contributed by atoms with Crippen molar-refractivity contribution in [3.05, 3.63) is 102 Å². The number of hydrogen-bond donors (Lipinski definition) is 3. The van der Waals surface area contributed by atoms with E-state index in [2.05, 4.69) is 51.3 Å².